The molecule has 1 aromatic carbocycles. The molecule has 5 heteroatoms. The topological polar surface area (TPSA) is 41.6 Å². The molecule has 4 nitrogen and oxygen atoms in total. The van der Waals surface area contributed by atoms with E-state index >= 15 is 0 Å². The van der Waals surface area contributed by atoms with Gasteiger partial charge in [-0.3, -0.25) is 9.69 Å². The second-order valence-electron chi connectivity index (χ2n) is 7.33. The minimum Gasteiger partial charge on any atom is -0.496 e. The summed E-state index contributed by atoms with van der Waals surface area (Å²) >= 11 is 1.84. The molecule has 1 N–H and O–H groups in total. The van der Waals surface area contributed by atoms with Crippen LogP contribution in [0, 0.1) is 0 Å². The Morgan fingerprint density at radius 2 is 1.96 bits per heavy atom. The molecule has 2 aliphatic heterocycles. The Hall–Kier alpha value is -1.85. The number of para-hydroxylation sites is 1. The van der Waals surface area contributed by atoms with E-state index in [9.17, 15) is 4.79 Å². The Kier molecular flexibility index (Phi) is 5.27. The van der Waals surface area contributed by atoms with Gasteiger partial charge in [0.15, 0.2) is 0 Å². The fraction of sp³-hybridized carbons (Fsp3) is 0.476. The van der Waals surface area contributed by atoms with Crippen molar-refractivity contribution in [2.24, 2.45) is 0 Å². The van der Waals surface area contributed by atoms with Crippen LogP contribution in [-0.2, 0) is 6.54 Å². The molecular formula is C21H26N2O2S. The Morgan fingerprint density at radius 1 is 1.19 bits per heavy atom. The van der Waals surface area contributed by atoms with Crippen LogP contribution in [0.1, 0.15) is 47.3 Å². The van der Waals surface area contributed by atoms with Gasteiger partial charge in [0.1, 0.15) is 5.75 Å². The van der Waals surface area contributed by atoms with Crippen LogP contribution in [0.4, 0.5) is 0 Å². The van der Waals surface area contributed by atoms with Gasteiger partial charge in [-0.25, -0.2) is 0 Å². The molecule has 2 saturated heterocycles. The maximum Gasteiger partial charge on any atom is 0.255 e. The van der Waals surface area contributed by atoms with Gasteiger partial charge in [0, 0.05) is 29.5 Å². The van der Waals surface area contributed by atoms with Gasteiger partial charge < -0.3 is 10.1 Å². The third kappa shape index (κ3) is 3.64. The summed E-state index contributed by atoms with van der Waals surface area (Å²) < 4.78 is 5.34. The molecule has 0 spiro atoms. The number of methoxy groups -OCH3 is 1. The third-order valence-corrected chi connectivity index (χ3v) is 6.59. The van der Waals surface area contributed by atoms with Gasteiger partial charge in [-0.1, -0.05) is 24.6 Å². The van der Waals surface area contributed by atoms with Crippen molar-refractivity contribution in [2.45, 2.75) is 56.8 Å². The van der Waals surface area contributed by atoms with Gasteiger partial charge in [0.25, 0.3) is 5.91 Å². The van der Waals surface area contributed by atoms with Crippen molar-refractivity contribution >= 4 is 17.2 Å². The van der Waals surface area contributed by atoms with Gasteiger partial charge in [-0.05, 0) is 49.3 Å². The normalized spacial score (nSPS) is 25.7. The van der Waals surface area contributed by atoms with Crippen LogP contribution in [0.25, 0.3) is 0 Å². The predicted octanol–water partition coefficient (Wildman–Crippen LogP) is 4.07. The van der Waals surface area contributed by atoms with E-state index in [0.29, 0.717) is 23.4 Å². The van der Waals surface area contributed by atoms with Crippen LogP contribution in [-0.4, -0.2) is 36.0 Å². The number of rotatable bonds is 5. The fourth-order valence-electron chi connectivity index (χ4n) is 4.53. The number of thiophene rings is 1. The first-order chi connectivity index (χ1) is 12.7. The van der Waals surface area contributed by atoms with Gasteiger partial charge in [0.2, 0.25) is 0 Å². The molecule has 4 rings (SSSR count). The lowest BCUT2D eigenvalue weighted by molar-refractivity contribution is 0.0184. The van der Waals surface area contributed by atoms with Crippen molar-refractivity contribution in [3.05, 3.63) is 52.2 Å². The molecule has 1 aromatic heterocycles. The third-order valence-electron chi connectivity index (χ3n) is 5.73. The van der Waals surface area contributed by atoms with Crippen LogP contribution in [0.15, 0.2) is 41.8 Å². The maximum absolute atomic E-state index is 12.7. The molecule has 0 radical (unpaired) electrons. The SMILES string of the molecule is COc1ccccc1C(=O)NC1CC2CCCC(C1)N2Cc1cccs1. The highest BCUT2D eigenvalue weighted by atomic mass is 32.1. The first kappa shape index (κ1) is 17.6. The number of carbonyl (C=O) groups is 1. The second kappa shape index (κ2) is 7.80. The standard InChI is InChI=1S/C21H26N2O2S/c1-25-20-10-3-2-9-19(20)21(24)22-15-12-16-6-4-7-17(13-15)23(16)14-18-8-5-11-26-18/h2-3,5,8-11,15-17H,4,6-7,12-14H2,1H3,(H,22,24). The minimum absolute atomic E-state index is 0.0165. The summed E-state index contributed by atoms with van der Waals surface area (Å²) in [6.45, 7) is 1.06. The highest BCUT2D eigenvalue weighted by Gasteiger charge is 2.38. The number of nitrogens with zero attached hydrogens (tertiary/aromatic N) is 1. The van der Waals surface area contributed by atoms with Crippen LogP contribution in [0.3, 0.4) is 0 Å². The molecule has 26 heavy (non-hydrogen) atoms. The highest BCUT2D eigenvalue weighted by molar-refractivity contribution is 7.09. The lowest BCUT2D eigenvalue weighted by atomic mass is 9.81. The number of carbonyl (C=O) groups excluding carboxylic acids is 1. The first-order valence-electron chi connectivity index (χ1n) is 9.46. The lowest BCUT2D eigenvalue weighted by Crippen LogP contribution is -2.56. The molecule has 1 amide bonds. The average Bonchev–Trinajstić information content (AvgIpc) is 3.15. The fourth-order valence-corrected chi connectivity index (χ4v) is 5.25. The molecule has 2 fully saturated rings. The summed E-state index contributed by atoms with van der Waals surface area (Å²) in [5.41, 5.74) is 0.626. The number of hydrogen-bond donors (Lipinski definition) is 1. The van der Waals surface area contributed by atoms with E-state index in [2.05, 4.69) is 27.7 Å². The van der Waals surface area contributed by atoms with Crippen molar-refractivity contribution in [3.63, 3.8) is 0 Å². The zero-order valence-electron chi connectivity index (χ0n) is 15.2. The molecule has 2 aromatic rings. The van der Waals surface area contributed by atoms with Crippen molar-refractivity contribution in [3.8, 4) is 5.75 Å². The second-order valence-corrected chi connectivity index (χ2v) is 8.36. The maximum atomic E-state index is 12.7. The van der Waals surface area contributed by atoms with E-state index in [4.69, 9.17) is 4.74 Å². The smallest absolute Gasteiger partial charge is 0.255 e. The van der Waals surface area contributed by atoms with E-state index in [1.807, 2.05) is 35.6 Å². The lowest BCUT2D eigenvalue weighted by Gasteiger charge is -2.49. The Bertz CT molecular complexity index is 732. The molecule has 3 heterocycles. The van der Waals surface area contributed by atoms with E-state index in [-0.39, 0.29) is 11.9 Å². The quantitative estimate of drug-likeness (QED) is 0.862. The van der Waals surface area contributed by atoms with Crippen molar-refractivity contribution in [2.75, 3.05) is 7.11 Å². The molecule has 2 aliphatic rings. The minimum atomic E-state index is -0.0165. The van der Waals surface area contributed by atoms with E-state index in [1.54, 1.807) is 7.11 Å². The number of benzene rings is 1. The Morgan fingerprint density at radius 3 is 2.65 bits per heavy atom. The first-order valence-corrected chi connectivity index (χ1v) is 10.3. The summed E-state index contributed by atoms with van der Waals surface area (Å²) in [4.78, 5) is 16.9. The number of fused-ring (bicyclic) bond motifs is 2. The summed E-state index contributed by atoms with van der Waals surface area (Å²) in [7, 11) is 1.61. The Labute approximate surface area is 159 Å². The van der Waals surface area contributed by atoms with Crippen LogP contribution in [0.2, 0.25) is 0 Å². The molecule has 0 aliphatic carbocycles. The highest BCUT2D eigenvalue weighted by Crippen LogP contribution is 2.36. The van der Waals surface area contributed by atoms with Gasteiger partial charge in [-0.15, -0.1) is 11.3 Å². The molecule has 0 saturated carbocycles. The van der Waals surface area contributed by atoms with Crippen molar-refractivity contribution in [1.29, 1.82) is 0 Å². The predicted molar refractivity (Wildman–Crippen MR) is 105 cm³/mol. The van der Waals surface area contributed by atoms with Crippen molar-refractivity contribution < 1.29 is 9.53 Å². The average molecular weight is 371 g/mol. The summed E-state index contributed by atoms with van der Waals surface area (Å²) in [6.07, 6.45) is 5.88. The Balaban J connectivity index is 1.43. The summed E-state index contributed by atoms with van der Waals surface area (Å²) in [5, 5.41) is 5.43. The van der Waals surface area contributed by atoms with E-state index in [0.717, 1.165) is 19.4 Å². The largest absolute Gasteiger partial charge is 0.496 e. The number of ether oxygens (including phenoxy) is 1. The zero-order chi connectivity index (χ0) is 17.9. The van der Waals surface area contributed by atoms with Gasteiger partial charge in [-0.2, -0.15) is 0 Å². The number of nitrogens with one attached hydrogen (secondary N) is 1. The summed E-state index contributed by atoms with van der Waals surface area (Å²) in [6, 6.07) is 13.2. The van der Waals surface area contributed by atoms with E-state index < -0.39 is 0 Å². The van der Waals surface area contributed by atoms with Crippen LogP contribution in [0.5, 0.6) is 5.75 Å². The number of amides is 1. The zero-order valence-corrected chi connectivity index (χ0v) is 16.0. The molecule has 2 bridgehead atoms. The van der Waals surface area contributed by atoms with Crippen molar-refractivity contribution in [1.82, 2.24) is 10.2 Å². The number of hydrogen-bond acceptors (Lipinski definition) is 4. The number of piperidine rings is 2. The molecule has 138 valence electrons. The van der Waals surface area contributed by atoms with Crippen LogP contribution >= 0.6 is 11.3 Å². The van der Waals surface area contributed by atoms with Crippen LogP contribution < -0.4 is 10.1 Å². The molecule has 2 unspecified atom stereocenters. The summed E-state index contributed by atoms with van der Waals surface area (Å²) in [5.74, 6) is 0.623. The molecular weight excluding hydrogens is 344 g/mol. The van der Waals surface area contributed by atoms with Gasteiger partial charge >= 0.3 is 0 Å². The molecule has 2 atom stereocenters. The van der Waals surface area contributed by atoms with E-state index in [1.165, 1.54) is 24.1 Å². The van der Waals surface area contributed by atoms with Gasteiger partial charge in [0.05, 0.1) is 12.7 Å². The monoisotopic (exact) mass is 370 g/mol.